The van der Waals surface area contributed by atoms with Gasteiger partial charge in [0.15, 0.2) is 10.1 Å². The second kappa shape index (κ2) is 10.1. The van der Waals surface area contributed by atoms with Crippen LogP contribution in [0.1, 0.15) is 12.8 Å². The molecule has 1 aliphatic heterocycles. The van der Waals surface area contributed by atoms with E-state index in [2.05, 4.69) is 16.1 Å². The van der Waals surface area contributed by atoms with Crippen LogP contribution in [-0.2, 0) is 33.9 Å². The van der Waals surface area contributed by atoms with Gasteiger partial charge in [0.25, 0.3) is 0 Å². The molecule has 0 aromatic carbocycles. The first-order valence-electron chi connectivity index (χ1n) is 8.67. The first-order chi connectivity index (χ1) is 14.8. The number of hydrogen-bond donors (Lipinski definition) is 0. The average Bonchev–Trinajstić information content (AvgIpc) is 2.68. The highest BCUT2D eigenvalue weighted by atomic mass is 32.2. The van der Waals surface area contributed by atoms with Crippen LogP contribution in [0.15, 0.2) is 12.4 Å². The van der Waals surface area contributed by atoms with Gasteiger partial charge in [-0.05, 0) is 6.42 Å². The highest BCUT2D eigenvalue weighted by Crippen LogP contribution is 2.42. The van der Waals surface area contributed by atoms with Crippen LogP contribution >= 0.6 is 0 Å². The minimum atomic E-state index is -6.85. The molecule has 0 aliphatic carbocycles. The summed E-state index contributed by atoms with van der Waals surface area (Å²) in [5, 5.41) is -6.11. The Morgan fingerprint density at radius 2 is 1.58 bits per heavy atom. The zero-order chi connectivity index (χ0) is 25.9. The predicted octanol–water partition coefficient (Wildman–Crippen LogP) is 1.70. The summed E-state index contributed by atoms with van der Waals surface area (Å²) in [5.41, 5.74) is 0. The van der Waals surface area contributed by atoms with Gasteiger partial charge in [-0.3, -0.25) is 4.79 Å². The number of alkyl halides is 7. The van der Waals surface area contributed by atoms with Crippen molar-refractivity contribution in [2.24, 2.45) is 0 Å². The Balaban J connectivity index is 3.17. The summed E-state index contributed by atoms with van der Waals surface area (Å²) in [4.78, 5) is 24.4. The Hall–Kier alpha value is -2.05. The van der Waals surface area contributed by atoms with Gasteiger partial charge < -0.3 is 23.7 Å². The smallest absolute Gasteiger partial charge is 0.466 e. The molecule has 1 amide bonds. The van der Waals surface area contributed by atoms with Crippen LogP contribution < -0.4 is 0 Å². The number of halogens is 8. The van der Waals surface area contributed by atoms with E-state index in [4.69, 9.17) is 4.74 Å². The Morgan fingerprint density at radius 1 is 1.06 bits per heavy atom. The second-order valence-electron chi connectivity index (χ2n) is 6.44. The second-order valence-corrected chi connectivity index (χ2v) is 7.86. The van der Waals surface area contributed by atoms with E-state index >= 15 is 0 Å². The number of ether oxygens (including phenoxy) is 3. The first kappa shape index (κ1) is 29.0. The van der Waals surface area contributed by atoms with Crippen molar-refractivity contribution >= 4 is 22.0 Å². The highest BCUT2D eigenvalue weighted by Gasteiger charge is 2.68. The summed E-state index contributed by atoms with van der Waals surface area (Å²) in [7, 11) is -6.85. The molecule has 0 spiro atoms. The molecule has 1 heterocycles. The minimum absolute atomic E-state index is 0.256. The lowest BCUT2D eigenvalue weighted by Gasteiger charge is -2.38. The van der Waals surface area contributed by atoms with Crippen molar-refractivity contribution in [1.82, 2.24) is 4.90 Å². The molecule has 1 unspecified atom stereocenters. The molecule has 192 valence electrons. The maximum absolute atomic E-state index is 13.8. The van der Waals surface area contributed by atoms with E-state index in [1.54, 1.807) is 0 Å². The van der Waals surface area contributed by atoms with Gasteiger partial charge in [0, 0.05) is 19.5 Å². The molecule has 0 bridgehead atoms. The molecule has 1 atom stereocenters. The summed E-state index contributed by atoms with van der Waals surface area (Å²) in [5.74, 6) is -16.7. The molecule has 18 heteroatoms. The maximum atomic E-state index is 13.8. The van der Waals surface area contributed by atoms with Crippen molar-refractivity contribution in [2.75, 3.05) is 32.9 Å². The molecule has 1 saturated heterocycles. The van der Waals surface area contributed by atoms with E-state index in [0.717, 1.165) is 0 Å². The molecule has 1 rings (SSSR count). The maximum Gasteiger partial charge on any atom is 0.466 e. The topological polar surface area (TPSA) is 122 Å². The molecular formula is C15H16F8NO8S-. The summed E-state index contributed by atoms with van der Waals surface area (Å²) in [6.07, 6.45) is -9.61. The first-order valence-corrected chi connectivity index (χ1v) is 10.1. The molecule has 33 heavy (non-hydrogen) atoms. The van der Waals surface area contributed by atoms with Crippen molar-refractivity contribution in [3.63, 3.8) is 0 Å². The van der Waals surface area contributed by atoms with Gasteiger partial charge >= 0.3 is 35.0 Å². The molecule has 0 N–H and O–H groups in total. The lowest BCUT2D eigenvalue weighted by atomic mass is 10.1. The number of carbonyl (C=O) groups excluding carboxylic acids is 2. The average molecular weight is 522 g/mol. The summed E-state index contributed by atoms with van der Waals surface area (Å²) < 4.78 is 152. The van der Waals surface area contributed by atoms with Gasteiger partial charge in [-0.1, -0.05) is 6.58 Å². The number of esters is 1. The van der Waals surface area contributed by atoms with E-state index in [9.17, 15) is 57.7 Å². The predicted molar refractivity (Wildman–Crippen MR) is 87.3 cm³/mol. The molecule has 0 aromatic heterocycles. The number of hydrogen-bond acceptors (Lipinski definition) is 8. The third-order valence-electron chi connectivity index (χ3n) is 4.09. The number of amides is 1. The zero-order valence-electron chi connectivity index (χ0n) is 16.3. The van der Waals surface area contributed by atoms with Crippen LogP contribution in [0.5, 0.6) is 0 Å². The fraction of sp³-hybridized carbons (Fsp3) is 0.733. The van der Waals surface area contributed by atoms with E-state index < -0.39 is 83.5 Å². The van der Waals surface area contributed by atoms with Crippen molar-refractivity contribution in [3.8, 4) is 0 Å². The van der Waals surface area contributed by atoms with E-state index in [-0.39, 0.29) is 13.2 Å². The Labute approximate surface area is 181 Å². The number of nitrogens with zero attached hydrogens (tertiary/aromatic N) is 1. The molecule has 9 nitrogen and oxygen atoms in total. The quantitative estimate of drug-likeness (QED) is 0.106. The Kier molecular flexibility index (Phi) is 8.84. The number of carbonyl (C=O) groups is 2. The zero-order valence-corrected chi connectivity index (χ0v) is 17.1. The highest BCUT2D eigenvalue weighted by molar-refractivity contribution is 7.86. The van der Waals surface area contributed by atoms with Gasteiger partial charge in [0.05, 0.1) is 19.8 Å². The van der Waals surface area contributed by atoms with Crippen LogP contribution in [-0.4, -0.2) is 85.8 Å². The van der Waals surface area contributed by atoms with E-state index in [1.807, 2.05) is 0 Å². The summed E-state index contributed by atoms with van der Waals surface area (Å²) in [6, 6.07) is 0. The van der Waals surface area contributed by atoms with Gasteiger partial charge in [0.1, 0.15) is 0 Å². The number of morpholine rings is 1. The molecular weight excluding hydrogens is 506 g/mol. The molecule has 1 fully saturated rings. The van der Waals surface area contributed by atoms with Gasteiger partial charge in [-0.15, -0.1) is 0 Å². The van der Waals surface area contributed by atoms with Crippen molar-refractivity contribution in [3.05, 3.63) is 12.4 Å². The lowest BCUT2D eigenvalue weighted by molar-refractivity contribution is -0.351. The van der Waals surface area contributed by atoms with Gasteiger partial charge in [-0.2, -0.15) is 35.1 Å². The molecule has 1 aliphatic rings. The van der Waals surface area contributed by atoms with Crippen molar-refractivity contribution in [1.29, 1.82) is 0 Å². The van der Waals surface area contributed by atoms with E-state index in [1.165, 1.54) is 0 Å². The van der Waals surface area contributed by atoms with Crippen molar-refractivity contribution in [2.45, 2.75) is 36.0 Å². The summed E-state index contributed by atoms with van der Waals surface area (Å²) in [6.45, 7) is -0.709. The van der Waals surface area contributed by atoms with Crippen molar-refractivity contribution < 1.29 is 71.9 Å². The van der Waals surface area contributed by atoms with Gasteiger partial charge in [0.2, 0.25) is 5.83 Å². The van der Waals surface area contributed by atoms with Crippen LogP contribution in [0.4, 0.5) is 35.1 Å². The van der Waals surface area contributed by atoms with Crippen LogP contribution in [0.2, 0.25) is 0 Å². The Morgan fingerprint density at radius 3 is 2.00 bits per heavy atom. The third-order valence-corrected chi connectivity index (χ3v) is 5.02. The monoisotopic (exact) mass is 522 g/mol. The number of rotatable bonds is 10. The van der Waals surface area contributed by atoms with Gasteiger partial charge in [-0.25, -0.2) is 13.2 Å². The standard InChI is InChI=1S/C15H17F8NO8S/c1-9(16)10(25)32-13(14(19,20)21,11(26)24-4-7-30-8-5-24)31-6-2-3-12(17,18)15(22,23)33(27,28)29/h1-8H2,(H,27,28,29)/p-1. The minimum Gasteiger partial charge on any atom is -0.743 e. The fourth-order valence-electron chi connectivity index (χ4n) is 2.39. The largest absolute Gasteiger partial charge is 0.743 e. The third kappa shape index (κ3) is 6.30. The summed E-state index contributed by atoms with van der Waals surface area (Å²) >= 11 is 0. The van der Waals surface area contributed by atoms with Crippen LogP contribution in [0.25, 0.3) is 0 Å². The molecule has 0 aromatic rings. The van der Waals surface area contributed by atoms with E-state index in [0.29, 0.717) is 4.90 Å². The van der Waals surface area contributed by atoms with Crippen LogP contribution in [0, 0.1) is 0 Å². The normalized spacial score (nSPS) is 17.9. The fourth-order valence-corrected chi connectivity index (χ4v) is 2.86. The molecule has 0 radical (unpaired) electrons. The molecule has 0 saturated carbocycles. The van der Waals surface area contributed by atoms with Crippen LogP contribution in [0.3, 0.4) is 0 Å². The lowest BCUT2D eigenvalue weighted by Crippen LogP contribution is -2.63. The Bertz CT molecular complexity index is 856. The SMILES string of the molecule is C=C(F)C(=O)OC(OCCCC(F)(F)C(F)(F)S(=O)(=O)[O-])(C(=O)N1CCOCC1)C(F)(F)F.